The minimum Gasteiger partial charge on any atom is -0.744 e. The summed E-state index contributed by atoms with van der Waals surface area (Å²) in [5.74, 6) is -56.8. The molecule has 0 fully saturated rings. The van der Waals surface area contributed by atoms with Crippen LogP contribution in [0.15, 0.2) is 41.1 Å². The molecule has 0 unspecified atom stereocenters. The second kappa shape index (κ2) is 10.8. The second-order valence-corrected chi connectivity index (χ2v) is 7.94. The third kappa shape index (κ3) is 5.78. The van der Waals surface area contributed by atoms with Crippen LogP contribution >= 0.6 is 0 Å². The minimum atomic E-state index is -8.68. The molecule has 1 rings (SSSR count). The molecule has 0 aliphatic heterocycles. The zero-order valence-corrected chi connectivity index (χ0v) is 21.2. The maximum Gasteiger partial charge on any atom is 1.00 e. The summed E-state index contributed by atoms with van der Waals surface area (Å²) >= 11 is 0. The van der Waals surface area contributed by atoms with Crippen molar-refractivity contribution < 1.29 is 144 Å². The first-order valence-electron chi connectivity index (χ1n) is 8.15. The molecule has 0 aromatic heterocycles. The molecule has 0 radical (unpaired) electrons. The molecule has 4 nitrogen and oxygen atoms in total. The summed E-state index contributed by atoms with van der Waals surface area (Å²) in [5.41, 5.74) is 0. The quantitative estimate of drug-likeness (QED) is 0.223. The molecule has 0 atom stereocenters. The molecular formula is C15H4F17KO4S. The number of allylic oxidation sites excluding steroid dienone is 1. The number of hydrogen-bond acceptors (Lipinski definition) is 4. The van der Waals surface area contributed by atoms with E-state index >= 15 is 0 Å². The van der Waals surface area contributed by atoms with Crippen LogP contribution in [0.5, 0.6) is 5.75 Å². The Bertz CT molecular complexity index is 1140. The fourth-order valence-electron chi connectivity index (χ4n) is 2.11. The van der Waals surface area contributed by atoms with Crippen molar-refractivity contribution >= 4 is 10.1 Å². The fourth-order valence-corrected chi connectivity index (χ4v) is 2.58. The van der Waals surface area contributed by atoms with Crippen molar-refractivity contribution in [1.82, 2.24) is 0 Å². The van der Waals surface area contributed by atoms with Crippen LogP contribution in [0.2, 0.25) is 0 Å². The summed E-state index contributed by atoms with van der Waals surface area (Å²) in [6.45, 7) is 0. The van der Waals surface area contributed by atoms with Crippen LogP contribution in [0, 0.1) is 0 Å². The fraction of sp³-hybridized carbons (Fsp3) is 0.467. The van der Waals surface area contributed by atoms with E-state index in [0.29, 0.717) is 0 Å². The van der Waals surface area contributed by atoms with Gasteiger partial charge in [-0.05, 0) is 24.3 Å². The van der Waals surface area contributed by atoms with Gasteiger partial charge in [-0.1, -0.05) is 0 Å². The number of halogens is 17. The van der Waals surface area contributed by atoms with Crippen molar-refractivity contribution in [2.45, 2.75) is 46.5 Å². The Morgan fingerprint density at radius 2 is 0.974 bits per heavy atom. The Morgan fingerprint density at radius 1 is 0.632 bits per heavy atom. The number of ether oxygens (including phenoxy) is 1. The largest absolute Gasteiger partial charge is 1.00 e. The zero-order chi connectivity index (χ0) is 29.8. The topological polar surface area (TPSA) is 66.4 Å². The molecule has 0 aliphatic carbocycles. The van der Waals surface area contributed by atoms with Gasteiger partial charge in [-0.25, -0.2) is 8.42 Å². The monoisotopic (exact) mass is 642 g/mol. The molecule has 0 spiro atoms. The molecule has 0 aliphatic rings. The van der Waals surface area contributed by atoms with Crippen molar-refractivity contribution in [3.05, 3.63) is 36.2 Å². The number of rotatable bonds is 10. The van der Waals surface area contributed by atoms with E-state index in [0.717, 1.165) is 0 Å². The molecule has 214 valence electrons. The molecule has 0 N–H and O–H groups in total. The molecule has 38 heavy (non-hydrogen) atoms. The van der Waals surface area contributed by atoms with Gasteiger partial charge in [0.25, 0.3) is 0 Å². The Labute approximate surface area is 241 Å². The summed E-state index contributed by atoms with van der Waals surface area (Å²) < 4.78 is 260. The van der Waals surface area contributed by atoms with Gasteiger partial charge in [0.15, 0.2) is 0 Å². The number of alkyl halides is 14. The normalized spacial score (nSPS) is 14.6. The molecule has 23 heteroatoms. The molecule has 1 aromatic carbocycles. The smallest absolute Gasteiger partial charge is 0.744 e. The van der Waals surface area contributed by atoms with E-state index in [4.69, 9.17) is 0 Å². The Kier molecular flexibility index (Phi) is 10.6. The van der Waals surface area contributed by atoms with Crippen LogP contribution in [0.4, 0.5) is 74.6 Å². The van der Waals surface area contributed by atoms with Gasteiger partial charge in [0.05, 0.1) is 4.90 Å². The first kappa shape index (κ1) is 37.1. The third-order valence-corrected chi connectivity index (χ3v) is 4.99. The summed E-state index contributed by atoms with van der Waals surface area (Å²) in [6, 6.07) is -0.313. The minimum absolute atomic E-state index is 0. The second-order valence-electron chi connectivity index (χ2n) is 6.57. The van der Waals surface area contributed by atoms with E-state index in [1.807, 2.05) is 0 Å². The predicted molar refractivity (Wildman–Crippen MR) is 80.0 cm³/mol. The summed E-state index contributed by atoms with van der Waals surface area (Å²) in [6.07, 6.45) is -11.7. The number of benzene rings is 1. The van der Waals surface area contributed by atoms with E-state index in [-0.39, 0.29) is 75.7 Å². The van der Waals surface area contributed by atoms with Crippen LogP contribution in [0.25, 0.3) is 0 Å². The Morgan fingerprint density at radius 3 is 1.32 bits per heavy atom. The van der Waals surface area contributed by atoms with Crippen molar-refractivity contribution in [2.24, 2.45) is 0 Å². The van der Waals surface area contributed by atoms with Gasteiger partial charge in [-0.3, -0.25) is 0 Å². The average molecular weight is 642 g/mol. The molecule has 0 saturated heterocycles. The van der Waals surface area contributed by atoms with Crippen molar-refractivity contribution in [3.8, 4) is 5.75 Å². The molecule has 1 aromatic rings. The van der Waals surface area contributed by atoms with E-state index in [1.54, 1.807) is 0 Å². The van der Waals surface area contributed by atoms with Gasteiger partial charge in [0.1, 0.15) is 15.9 Å². The van der Waals surface area contributed by atoms with Crippen LogP contribution < -0.4 is 56.1 Å². The molecule has 0 saturated carbocycles. The predicted octanol–water partition coefficient (Wildman–Crippen LogP) is 3.46. The van der Waals surface area contributed by atoms with E-state index in [2.05, 4.69) is 4.74 Å². The third-order valence-electron chi connectivity index (χ3n) is 4.14. The maximum absolute atomic E-state index is 13.7. The zero-order valence-electron chi connectivity index (χ0n) is 17.3. The van der Waals surface area contributed by atoms with Crippen LogP contribution in [-0.2, 0) is 10.1 Å². The van der Waals surface area contributed by atoms with Gasteiger partial charge >= 0.3 is 99.1 Å². The molecule has 0 bridgehead atoms. The van der Waals surface area contributed by atoms with Crippen molar-refractivity contribution in [1.29, 1.82) is 0 Å². The standard InChI is InChI=1S/C15H5F17O4S.K/c16-7(8(17)18)9(19,20)10(21,22)11(23,24)12(25,26)13(27,28)14(29,30)15(31,32)36-5-1-3-6(4-2-5)37(33,34)35;/h1-4H,(H,33,34,35);/q;+1/p-1. The average Bonchev–Trinajstić information content (AvgIpc) is 2.71. The van der Waals surface area contributed by atoms with E-state index in [9.17, 15) is 87.6 Å². The summed E-state index contributed by atoms with van der Waals surface area (Å²) in [4.78, 5) is -1.29. The van der Waals surface area contributed by atoms with Gasteiger partial charge in [-0.15, -0.1) is 0 Å². The van der Waals surface area contributed by atoms with Gasteiger partial charge in [0.2, 0.25) is 5.83 Å². The van der Waals surface area contributed by atoms with Crippen LogP contribution in [0.3, 0.4) is 0 Å². The van der Waals surface area contributed by atoms with Crippen LogP contribution in [0.1, 0.15) is 0 Å². The first-order chi connectivity index (χ1) is 16.0. The Balaban J connectivity index is 0.0000137. The van der Waals surface area contributed by atoms with Crippen LogP contribution in [-0.4, -0.2) is 54.6 Å². The molecule has 0 heterocycles. The van der Waals surface area contributed by atoms with Gasteiger partial charge < -0.3 is 9.29 Å². The summed E-state index contributed by atoms with van der Waals surface area (Å²) in [7, 11) is -5.34. The SMILES string of the molecule is O=S(=O)([O-])c1ccc(OC(F)(F)C(F)(F)C(F)(F)C(F)(F)C(F)(F)C(F)(F)C(F)(F)C(F)=C(F)F)cc1.[K+]. The number of hydrogen-bond donors (Lipinski definition) is 0. The van der Waals surface area contributed by atoms with Crippen molar-refractivity contribution in [2.75, 3.05) is 0 Å². The van der Waals surface area contributed by atoms with Crippen molar-refractivity contribution in [3.63, 3.8) is 0 Å². The van der Waals surface area contributed by atoms with E-state index < -0.39 is 74.3 Å². The summed E-state index contributed by atoms with van der Waals surface area (Å²) in [5, 5.41) is 0. The van der Waals surface area contributed by atoms with Gasteiger partial charge in [-0.2, -0.15) is 74.6 Å². The Hall–Kier alpha value is -0.884. The van der Waals surface area contributed by atoms with Gasteiger partial charge in [0, 0.05) is 0 Å². The van der Waals surface area contributed by atoms with E-state index in [1.165, 1.54) is 0 Å². The molecule has 0 amide bonds. The first-order valence-corrected chi connectivity index (χ1v) is 9.55. The maximum atomic E-state index is 13.7. The molecular weight excluding hydrogens is 638 g/mol.